The number of carbonyl (C=O) groups excluding carboxylic acids is 1. The summed E-state index contributed by atoms with van der Waals surface area (Å²) in [5, 5.41) is 2.16. The van der Waals surface area contributed by atoms with Gasteiger partial charge in [0.2, 0.25) is 0 Å². The standard InChI is InChI=1S/C21H18O3/c1-23-17-10-7-16(8-11-17)20(22)13-12-19-18-6-4-3-5-15(18)9-14-21(19)24-2/h3-14H,1-2H3. The quantitative estimate of drug-likeness (QED) is 0.503. The van der Waals surface area contributed by atoms with Crippen molar-refractivity contribution < 1.29 is 14.3 Å². The number of hydrogen-bond acceptors (Lipinski definition) is 3. The van der Waals surface area contributed by atoms with Crippen molar-refractivity contribution in [2.75, 3.05) is 14.2 Å². The van der Waals surface area contributed by atoms with E-state index in [2.05, 4.69) is 0 Å². The molecule has 120 valence electrons. The van der Waals surface area contributed by atoms with Crippen molar-refractivity contribution in [3.8, 4) is 11.5 Å². The van der Waals surface area contributed by atoms with E-state index in [0.29, 0.717) is 5.56 Å². The predicted octanol–water partition coefficient (Wildman–Crippen LogP) is 4.75. The van der Waals surface area contributed by atoms with Crippen LogP contribution in [-0.4, -0.2) is 20.0 Å². The normalized spacial score (nSPS) is 10.9. The van der Waals surface area contributed by atoms with E-state index in [1.807, 2.05) is 42.5 Å². The highest BCUT2D eigenvalue weighted by molar-refractivity contribution is 6.08. The molecule has 3 rings (SSSR count). The Morgan fingerprint density at radius 3 is 2.33 bits per heavy atom. The molecular weight excluding hydrogens is 300 g/mol. The van der Waals surface area contributed by atoms with Gasteiger partial charge >= 0.3 is 0 Å². The second kappa shape index (κ2) is 7.01. The minimum Gasteiger partial charge on any atom is -0.497 e. The Hall–Kier alpha value is -3.07. The third kappa shape index (κ3) is 3.15. The second-order valence-corrected chi connectivity index (χ2v) is 5.33. The minimum absolute atomic E-state index is 0.0624. The lowest BCUT2D eigenvalue weighted by Crippen LogP contribution is -1.95. The van der Waals surface area contributed by atoms with Gasteiger partial charge in [0.15, 0.2) is 5.78 Å². The molecule has 0 saturated heterocycles. The molecule has 0 saturated carbocycles. The molecule has 0 amide bonds. The van der Waals surface area contributed by atoms with Crippen molar-refractivity contribution in [2.24, 2.45) is 0 Å². The number of ketones is 1. The molecule has 0 fully saturated rings. The maximum absolute atomic E-state index is 12.4. The molecule has 0 aliphatic heterocycles. The Kier molecular flexibility index (Phi) is 4.62. The number of ether oxygens (including phenoxy) is 2. The third-order valence-electron chi connectivity index (χ3n) is 3.93. The van der Waals surface area contributed by atoms with Gasteiger partial charge < -0.3 is 9.47 Å². The summed E-state index contributed by atoms with van der Waals surface area (Å²) in [6, 6.07) is 19.0. The lowest BCUT2D eigenvalue weighted by molar-refractivity contribution is 0.104. The summed E-state index contributed by atoms with van der Waals surface area (Å²) in [4.78, 5) is 12.4. The Bertz CT molecular complexity index is 893. The first-order chi connectivity index (χ1) is 11.7. The van der Waals surface area contributed by atoms with Crippen LogP contribution in [0, 0.1) is 0 Å². The molecule has 0 aliphatic rings. The van der Waals surface area contributed by atoms with Crippen molar-refractivity contribution in [1.82, 2.24) is 0 Å². The maximum atomic E-state index is 12.4. The van der Waals surface area contributed by atoms with Gasteiger partial charge in [-0.3, -0.25) is 4.79 Å². The zero-order chi connectivity index (χ0) is 16.9. The van der Waals surface area contributed by atoms with Gasteiger partial charge in [-0.1, -0.05) is 30.3 Å². The molecule has 0 N–H and O–H groups in total. The van der Waals surface area contributed by atoms with Crippen molar-refractivity contribution in [1.29, 1.82) is 0 Å². The summed E-state index contributed by atoms with van der Waals surface area (Å²) in [7, 11) is 3.23. The first-order valence-corrected chi connectivity index (χ1v) is 7.65. The van der Waals surface area contributed by atoms with Gasteiger partial charge in [0.1, 0.15) is 11.5 Å². The number of rotatable bonds is 5. The van der Waals surface area contributed by atoms with E-state index in [9.17, 15) is 4.79 Å². The highest BCUT2D eigenvalue weighted by Crippen LogP contribution is 2.29. The predicted molar refractivity (Wildman–Crippen MR) is 96.9 cm³/mol. The fourth-order valence-corrected chi connectivity index (χ4v) is 2.64. The van der Waals surface area contributed by atoms with Crippen LogP contribution >= 0.6 is 0 Å². The zero-order valence-electron chi connectivity index (χ0n) is 13.7. The Labute approximate surface area is 141 Å². The fraction of sp³-hybridized carbons (Fsp3) is 0.0952. The molecule has 0 radical (unpaired) electrons. The fourth-order valence-electron chi connectivity index (χ4n) is 2.64. The molecule has 3 heteroatoms. The van der Waals surface area contributed by atoms with Gasteiger partial charge in [0.05, 0.1) is 14.2 Å². The van der Waals surface area contributed by atoms with E-state index in [1.165, 1.54) is 0 Å². The lowest BCUT2D eigenvalue weighted by Gasteiger charge is -2.08. The average molecular weight is 318 g/mol. The minimum atomic E-state index is -0.0624. The summed E-state index contributed by atoms with van der Waals surface area (Å²) < 4.78 is 10.6. The highest BCUT2D eigenvalue weighted by Gasteiger charge is 2.07. The molecule has 0 aliphatic carbocycles. The van der Waals surface area contributed by atoms with Gasteiger partial charge in [0, 0.05) is 11.1 Å². The SMILES string of the molecule is COc1ccc(C(=O)C=Cc2c(OC)ccc3ccccc23)cc1. The maximum Gasteiger partial charge on any atom is 0.185 e. The van der Waals surface area contributed by atoms with Crippen LogP contribution in [0.15, 0.2) is 66.7 Å². The Balaban J connectivity index is 1.95. The number of hydrogen-bond donors (Lipinski definition) is 0. The van der Waals surface area contributed by atoms with Gasteiger partial charge in [0.25, 0.3) is 0 Å². The molecule has 3 aromatic rings. The van der Waals surface area contributed by atoms with Crippen LogP contribution < -0.4 is 9.47 Å². The van der Waals surface area contributed by atoms with Crippen molar-refractivity contribution in [3.05, 3.63) is 77.9 Å². The molecular formula is C21H18O3. The third-order valence-corrected chi connectivity index (χ3v) is 3.93. The summed E-state index contributed by atoms with van der Waals surface area (Å²) in [6.07, 6.45) is 3.39. The zero-order valence-corrected chi connectivity index (χ0v) is 13.7. The second-order valence-electron chi connectivity index (χ2n) is 5.33. The molecule has 3 nitrogen and oxygen atoms in total. The van der Waals surface area contributed by atoms with Crippen LogP contribution in [0.3, 0.4) is 0 Å². The number of benzene rings is 3. The monoisotopic (exact) mass is 318 g/mol. The van der Waals surface area contributed by atoms with Crippen molar-refractivity contribution in [2.45, 2.75) is 0 Å². The van der Waals surface area contributed by atoms with Crippen LogP contribution in [0.2, 0.25) is 0 Å². The van der Waals surface area contributed by atoms with E-state index in [-0.39, 0.29) is 5.78 Å². The van der Waals surface area contributed by atoms with E-state index >= 15 is 0 Å². The highest BCUT2D eigenvalue weighted by atomic mass is 16.5. The van der Waals surface area contributed by atoms with Crippen LogP contribution in [0.5, 0.6) is 11.5 Å². The van der Waals surface area contributed by atoms with E-state index < -0.39 is 0 Å². The van der Waals surface area contributed by atoms with Gasteiger partial charge in [-0.05, 0) is 53.3 Å². The Morgan fingerprint density at radius 1 is 0.875 bits per heavy atom. The Morgan fingerprint density at radius 2 is 1.62 bits per heavy atom. The smallest absolute Gasteiger partial charge is 0.185 e. The molecule has 0 bridgehead atoms. The largest absolute Gasteiger partial charge is 0.497 e. The molecule has 3 aromatic carbocycles. The molecule has 0 unspecified atom stereocenters. The van der Waals surface area contributed by atoms with E-state index in [1.54, 1.807) is 44.6 Å². The van der Waals surface area contributed by atoms with Crippen molar-refractivity contribution in [3.63, 3.8) is 0 Å². The van der Waals surface area contributed by atoms with Crippen LogP contribution in [0.25, 0.3) is 16.8 Å². The van der Waals surface area contributed by atoms with Crippen LogP contribution in [-0.2, 0) is 0 Å². The number of allylic oxidation sites excluding steroid dienone is 1. The van der Waals surface area contributed by atoms with Gasteiger partial charge in [-0.15, -0.1) is 0 Å². The molecule has 0 atom stereocenters. The first-order valence-electron chi connectivity index (χ1n) is 7.65. The first kappa shape index (κ1) is 15.8. The summed E-state index contributed by atoms with van der Waals surface area (Å²) >= 11 is 0. The van der Waals surface area contributed by atoms with E-state index in [4.69, 9.17) is 9.47 Å². The van der Waals surface area contributed by atoms with Gasteiger partial charge in [-0.2, -0.15) is 0 Å². The van der Waals surface area contributed by atoms with Crippen LogP contribution in [0.4, 0.5) is 0 Å². The average Bonchev–Trinajstić information content (AvgIpc) is 2.65. The summed E-state index contributed by atoms with van der Waals surface area (Å²) in [6.45, 7) is 0. The summed E-state index contributed by atoms with van der Waals surface area (Å²) in [5.74, 6) is 1.41. The van der Waals surface area contributed by atoms with E-state index in [0.717, 1.165) is 27.8 Å². The molecule has 0 spiro atoms. The number of methoxy groups -OCH3 is 2. The topological polar surface area (TPSA) is 35.5 Å². The summed E-state index contributed by atoms with van der Waals surface area (Å²) in [5.41, 5.74) is 1.52. The van der Waals surface area contributed by atoms with Crippen molar-refractivity contribution >= 4 is 22.6 Å². The molecule has 0 heterocycles. The van der Waals surface area contributed by atoms with Crippen LogP contribution in [0.1, 0.15) is 15.9 Å². The van der Waals surface area contributed by atoms with Gasteiger partial charge in [-0.25, -0.2) is 0 Å². The molecule has 24 heavy (non-hydrogen) atoms. The molecule has 0 aromatic heterocycles. The number of carbonyl (C=O) groups is 1. The number of fused-ring (bicyclic) bond motifs is 1. The lowest BCUT2D eigenvalue weighted by atomic mass is 10.0.